The van der Waals surface area contributed by atoms with Crippen LogP contribution in [0.4, 0.5) is 0 Å². The Morgan fingerprint density at radius 3 is 2.45 bits per heavy atom. The molecule has 1 N–H and O–H groups in total. The first kappa shape index (κ1) is 21.6. The lowest BCUT2D eigenvalue weighted by molar-refractivity contribution is -0.133. The van der Waals surface area contributed by atoms with Crippen molar-refractivity contribution < 1.29 is 4.79 Å². The van der Waals surface area contributed by atoms with E-state index in [0.717, 1.165) is 63.3 Å². The topological polar surface area (TPSA) is 72.2 Å². The van der Waals surface area contributed by atoms with Gasteiger partial charge in [0.15, 0.2) is 0 Å². The van der Waals surface area contributed by atoms with Crippen LogP contribution < -0.4 is 11.0 Å². The molecule has 0 radical (unpaired) electrons. The Kier molecular flexibility index (Phi) is 7.50. The number of nitrogens with one attached hydrogen (secondary N) is 1. The van der Waals surface area contributed by atoms with E-state index in [4.69, 9.17) is 0 Å². The van der Waals surface area contributed by atoms with Crippen LogP contribution in [-0.4, -0.2) is 51.3 Å². The standard InChI is InChI=1S/C21H29N5O2.ClH/c27-19(24-13-5-2-6-14-24)16-26-21(28)25(15-17-7-3-1-4-8-17)20(23-26)18-9-11-22-12-10-18;/h1,3-4,7-8,18,22H,2,5-6,9-16H2;1H. The Morgan fingerprint density at radius 2 is 1.76 bits per heavy atom. The number of carbonyl (C=O) groups is 1. The number of halogens is 1. The predicted octanol–water partition coefficient (Wildman–Crippen LogP) is 1.99. The van der Waals surface area contributed by atoms with E-state index in [1.54, 1.807) is 4.57 Å². The molecule has 158 valence electrons. The summed E-state index contributed by atoms with van der Waals surface area (Å²) in [5, 5.41) is 8.02. The maximum atomic E-state index is 13.1. The highest BCUT2D eigenvalue weighted by molar-refractivity contribution is 5.85. The lowest BCUT2D eigenvalue weighted by atomic mass is 9.97. The summed E-state index contributed by atoms with van der Waals surface area (Å²) in [5.41, 5.74) is 0.893. The van der Waals surface area contributed by atoms with Crippen LogP contribution in [0.3, 0.4) is 0 Å². The average molecular weight is 420 g/mol. The van der Waals surface area contributed by atoms with Gasteiger partial charge in [0.25, 0.3) is 0 Å². The molecule has 0 bridgehead atoms. The van der Waals surface area contributed by atoms with Crippen molar-refractivity contribution in [1.82, 2.24) is 24.6 Å². The highest BCUT2D eigenvalue weighted by Gasteiger charge is 2.26. The Hall–Kier alpha value is -2.12. The summed E-state index contributed by atoms with van der Waals surface area (Å²) in [6.45, 7) is 3.99. The van der Waals surface area contributed by atoms with Gasteiger partial charge < -0.3 is 10.2 Å². The van der Waals surface area contributed by atoms with Crippen molar-refractivity contribution in [3.8, 4) is 0 Å². The Bertz CT molecular complexity index is 852. The van der Waals surface area contributed by atoms with Gasteiger partial charge in [-0.25, -0.2) is 9.48 Å². The van der Waals surface area contributed by atoms with Crippen LogP contribution in [0.25, 0.3) is 0 Å². The highest BCUT2D eigenvalue weighted by Crippen LogP contribution is 2.23. The lowest BCUT2D eigenvalue weighted by Gasteiger charge is -2.26. The second-order valence-corrected chi connectivity index (χ2v) is 7.84. The normalized spacial score (nSPS) is 17.7. The largest absolute Gasteiger partial charge is 0.346 e. The number of carbonyl (C=O) groups excluding carboxylic acids is 1. The third kappa shape index (κ3) is 5.08. The molecule has 2 fully saturated rings. The molecular weight excluding hydrogens is 390 g/mol. The molecule has 2 saturated heterocycles. The molecule has 2 aromatic rings. The van der Waals surface area contributed by atoms with E-state index in [-0.39, 0.29) is 36.5 Å². The molecule has 0 aliphatic carbocycles. The van der Waals surface area contributed by atoms with Gasteiger partial charge >= 0.3 is 5.69 Å². The SMILES string of the molecule is Cl.O=C(Cn1nc(C2CCNCC2)n(Cc2ccccc2)c1=O)N1CCCCC1. The average Bonchev–Trinajstić information content (AvgIpc) is 3.05. The summed E-state index contributed by atoms with van der Waals surface area (Å²) in [6, 6.07) is 9.98. The summed E-state index contributed by atoms with van der Waals surface area (Å²) in [7, 11) is 0. The third-order valence-electron chi connectivity index (χ3n) is 5.83. The van der Waals surface area contributed by atoms with Crippen molar-refractivity contribution in [2.45, 2.75) is 51.1 Å². The first-order valence-corrected chi connectivity index (χ1v) is 10.4. The van der Waals surface area contributed by atoms with E-state index >= 15 is 0 Å². The van der Waals surface area contributed by atoms with Gasteiger partial charge in [0.1, 0.15) is 12.4 Å². The number of hydrogen-bond acceptors (Lipinski definition) is 4. The van der Waals surface area contributed by atoms with Crippen LogP contribution >= 0.6 is 12.4 Å². The van der Waals surface area contributed by atoms with Crippen molar-refractivity contribution >= 4 is 18.3 Å². The van der Waals surface area contributed by atoms with Gasteiger partial charge in [-0.1, -0.05) is 30.3 Å². The number of aromatic nitrogens is 3. The number of hydrogen-bond donors (Lipinski definition) is 1. The van der Waals surface area contributed by atoms with Crippen molar-refractivity contribution in [1.29, 1.82) is 0 Å². The number of amides is 1. The molecule has 1 aromatic heterocycles. The molecule has 0 unspecified atom stereocenters. The maximum Gasteiger partial charge on any atom is 0.346 e. The Morgan fingerprint density at radius 1 is 1.07 bits per heavy atom. The zero-order valence-corrected chi connectivity index (χ0v) is 17.6. The maximum absolute atomic E-state index is 13.1. The molecular formula is C21H30ClN5O2. The van der Waals surface area contributed by atoms with Crippen LogP contribution in [-0.2, 0) is 17.9 Å². The first-order chi connectivity index (χ1) is 13.7. The molecule has 7 nitrogen and oxygen atoms in total. The van der Waals surface area contributed by atoms with Gasteiger partial charge in [0, 0.05) is 19.0 Å². The Labute approximate surface area is 177 Å². The minimum absolute atomic E-state index is 0. The fourth-order valence-electron chi connectivity index (χ4n) is 4.23. The molecule has 29 heavy (non-hydrogen) atoms. The first-order valence-electron chi connectivity index (χ1n) is 10.4. The zero-order valence-electron chi connectivity index (χ0n) is 16.8. The minimum atomic E-state index is -0.178. The van der Waals surface area contributed by atoms with Crippen molar-refractivity contribution in [2.24, 2.45) is 0 Å². The molecule has 0 atom stereocenters. The van der Waals surface area contributed by atoms with Crippen molar-refractivity contribution in [3.63, 3.8) is 0 Å². The summed E-state index contributed by atoms with van der Waals surface area (Å²) in [6.07, 6.45) is 5.19. The zero-order chi connectivity index (χ0) is 19.3. The molecule has 4 rings (SSSR count). The van der Waals surface area contributed by atoms with Gasteiger partial charge in [0.2, 0.25) is 5.91 Å². The van der Waals surface area contributed by atoms with E-state index < -0.39 is 0 Å². The molecule has 8 heteroatoms. The summed E-state index contributed by atoms with van der Waals surface area (Å²) < 4.78 is 3.16. The number of nitrogens with zero attached hydrogens (tertiary/aromatic N) is 4. The van der Waals surface area contributed by atoms with E-state index in [2.05, 4.69) is 10.4 Å². The minimum Gasteiger partial charge on any atom is -0.341 e. The van der Waals surface area contributed by atoms with Crippen molar-refractivity contribution in [3.05, 3.63) is 52.2 Å². The quantitative estimate of drug-likeness (QED) is 0.804. The number of piperidine rings is 2. The summed E-state index contributed by atoms with van der Waals surface area (Å²) in [4.78, 5) is 27.7. The number of benzene rings is 1. The van der Waals surface area contributed by atoms with Crippen LogP contribution in [0.5, 0.6) is 0 Å². The summed E-state index contributed by atoms with van der Waals surface area (Å²) >= 11 is 0. The van der Waals surface area contributed by atoms with E-state index in [0.29, 0.717) is 6.54 Å². The van der Waals surface area contributed by atoms with Gasteiger partial charge in [-0.3, -0.25) is 9.36 Å². The number of rotatable bonds is 5. The molecule has 0 saturated carbocycles. The molecule has 2 aliphatic heterocycles. The summed E-state index contributed by atoms with van der Waals surface area (Å²) in [5.74, 6) is 1.08. The van der Waals surface area contributed by atoms with Crippen LogP contribution in [0.2, 0.25) is 0 Å². The van der Waals surface area contributed by atoms with Gasteiger partial charge in [-0.15, -0.1) is 12.4 Å². The highest BCUT2D eigenvalue weighted by atomic mass is 35.5. The molecule has 2 aliphatic rings. The van der Waals surface area contributed by atoms with Gasteiger partial charge in [-0.05, 0) is 50.8 Å². The van der Waals surface area contributed by atoms with Crippen molar-refractivity contribution in [2.75, 3.05) is 26.2 Å². The monoisotopic (exact) mass is 419 g/mol. The van der Waals surface area contributed by atoms with Gasteiger partial charge in [-0.2, -0.15) is 5.10 Å². The second-order valence-electron chi connectivity index (χ2n) is 7.84. The van der Waals surface area contributed by atoms with E-state index in [1.807, 2.05) is 35.2 Å². The number of likely N-dealkylation sites (tertiary alicyclic amines) is 1. The molecule has 3 heterocycles. The molecule has 0 spiro atoms. The lowest BCUT2D eigenvalue weighted by Crippen LogP contribution is -2.40. The van der Waals surface area contributed by atoms with E-state index in [9.17, 15) is 9.59 Å². The molecule has 1 aromatic carbocycles. The van der Waals surface area contributed by atoms with E-state index in [1.165, 1.54) is 11.1 Å². The Balaban J connectivity index is 0.00000240. The fraction of sp³-hybridized carbons (Fsp3) is 0.571. The van der Waals surface area contributed by atoms with Crippen LogP contribution in [0.15, 0.2) is 35.1 Å². The van der Waals surface area contributed by atoms with Gasteiger partial charge in [0.05, 0.1) is 6.54 Å². The molecule has 1 amide bonds. The third-order valence-corrected chi connectivity index (χ3v) is 5.83. The smallest absolute Gasteiger partial charge is 0.341 e. The fourth-order valence-corrected chi connectivity index (χ4v) is 4.23. The van der Waals surface area contributed by atoms with Crippen LogP contribution in [0.1, 0.15) is 49.4 Å². The predicted molar refractivity (Wildman–Crippen MR) is 115 cm³/mol. The second kappa shape index (κ2) is 10.1. The van der Waals surface area contributed by atoms with Crippen LogP contribution in [0, 0.1) is 0 Å².